The minimum absolute atomic E-state index is 0.125. The molecular weight excluding hydrogens is 352 g/mol. The number of hydrogen-bond acceptors (Lipinski definition) is 4. The van der Waals surface area contributed by atoms with E-state index in [9.17, 15) is 4.79 Å². The van der Waals surface area contributed by atoms with Crippen LogP contribution in [0.15, 0.2) is 59.1 Å². The van der Waals surface area contributed by atoms with Gasteiger partial charge in [0.2, 0.25) is 0 Å². The van der Waals surface area contributed by atoms with Crippen LogP contribution in [0.4, 0.5) is 0 Å². The van der Waals surface area contributed by atoms with Crippen molar-refractivity contribution in [2.45, 2.75) is 5.92 Å². The second kappa shape index (κ2) is 6.84. The SMILES string of the molecule is COc1ccccc1-c1cc(C(=O)N2CC(c3ccc(Cl)cc3)C2)no1. The highest BCUT2D eigenvalue weighted by Crippen LogP contribution is 2.32. The lowest BCUT2D eigenvalue weighted by atomic mass is 9.91. The molecule has 0 atom stereocenters. The molecule has 2 heterocycles. The second-order valence-electron chi connectivity index (χ2n) is 6.24. The summed E-state index contributed by atoms with van der Waals surface area (Å²) in [6, 6.07) is 16.9. The number of carbonyl (C=O) groups excluding carboxylic acids is 1. The Labute approximate surface area is 156 Å². The Kier molecular flexibility index (Phi) is 4.39. The molecular formula is C20H17ClN2O3. The van der Waals surface area contributed by atoms with Crippen molar-refractivity contribution >= 4 is 17.5 Å². The molecule has 6 heteroatoms. The van der Waals surface area contributed by atoms with E-state index >= 15 is 0 Å². The van der Waals surface area contributed by atoms with Gasteiger partial charge in [0.25, 0.3) is 5.91 Å². The van der Waals surface area contributed by atoms with E-state index in [2.05, 4.69) is 5.16 Å². The summed E-state index contributed by atoms with van der Waals surface area (Å²) >= 11 is 5.92. The number of likely N-dealkylation sites (tertiary alicyclic amines) is 1. The molecule has 0 saturated carbocycles. The Morgan fingerprint density at radius 2 is 1.92 bits per heavy atom. The fraction of sp³-hybridized carbons (Fsp3) is 0.200. The van der Waals surface area contributed by atoms with Crippen molar-refractivity contribution in [2.24, 2.45) is 0 Å². The number of methoxy groups -OCH3 is 1. The average Bonchev–Trinajstić information content (AvgIpc) is 3.12. The van der Waals surface area contributed by atoms with E-state index in [1.165, 1.54) is 5.56 Å². The fourth-order valence-corrected chi connectivity index (χ4v) is 3.23. The molecule has 3 aromatic rings. The summed E-state index contributed by atoms with van der Waals surface area (Å²) in [7, 11) is 1.60. The van der Waals surface area contributed by atoms with E-state index in [0.29, 0.717) is 41.2 Å². The largest absolute Gasteiger partial charge is 0.496 e. The topological polar surface area (TPSA) is 55.6 Å². The first-order chi connectivity index (χ1) is 12.7. The van der Waals surface area contributed by atoms with E-state index in [1.807, 2.05) is 48.5 Å². The summed E-state index contributed by atoms with van der Waals surface area (Å²) < 4.78 is 10.7. The summed E-state index contributed by atoms with van der Waals surface area (Å²) in [5.41, 5.74) is 2.26. The number of para-hydroxylation sites is 1. The Bertz CT molecular complexity index is 930. The maximum absolute atomic E-state index is 12.6. The standard InChI is InChI=1S/C20H17ClN2O3/c1-25-18-5-3-2-4-16(18)19-10-17(22-26-19)20(24)23-11-14(12-23)13-6-8-15(21)9-7-13/h2-10,14H,11-12H2,1H3. The lowest BCUT2D eigenvalue weighted by Crippen LogP contribution is -2.48. The molecule has 1 aliphatic rings. The number of ether oxygens (including phenoxy) is 1. The zero-order valence-corrected chi connectivity index (χ0v) is 14.9. The average molecular weight is 369 g/mol. The van der Waals surface area contributed by atoms with Gasteiger partial charge in [0, 0.05) is 30.1 Å². The number of aromatic nitrogens is 1. The highest BCUT2D eigenvalue weighted by molar-refractivity contribution is 6.30. The molecule has 1 aliphatic heterocycles. The van der Waals surface area contributed by atoms with Gasteiger partial charge in [-0.05, 0) is 29.8 Å². The lowest BCUT2D eigenvalue weighted by molar-refractivity contribution is 0.0591. The van der Waals surface area contributed by atoms with Gasteiger partial charge >= 0.3 is 0 Å². The second-order valence-corrected chi connectivity index (χ2v) is 6.67. The number of hydrogen-bond donors (Lipinski definition) is 0. The van der Waals surface area contributed by atoms with Crippen LogP contribution < -0.4 is 4.74 Å². The Morgan fingerprint density at radius 1 is 1.19 bits per heavy atom. The normalized spacial score (nSPS) is 14.2. The van der Waals surface area contributed by atoms with E-state index in [1.54, 1.807) is 18.1 Å². The number of rotatable bonds is 4. The van der Waals surface area contributed by atoms with Crippen molar-refractivity contribution in [2.75, 3.05) is 20.2 Å². The Balaban J connectivity index is 1.45. The molecule has 2 aromatic carbocycles. The van der Waals surface area contributed by atoms with E-state index in [4.69, 9.17) is 20.9 Å². The summed E-state index contributed by atoms with van der Waals surface area (Å²) in [6.45, 7) is 1.33. The van der Waals surface area contributed by atoms with Gasteiger partial charge in [0.05, 0.1) is 12.7 Å². The zero-order chi connectivity index (χ0) is 18.1. The molecule has 1 fully saturated rings. The van der Waals surface area contributed by atoms with E-state index in [0.717, 1.165) is 5.56 Å². The molecule has 26 heavy (non-hydrogen) atoms. The highest BCUT2D eigenvalue weighted by atomic mass is 35.5. The summed E-state index contributed by atoms with van der Waals surface area (Å²) in [5.74, 6) is 1.40. The van der Waals surface area contributed by atoms with Gasteiger partial charge in [-0.1, -0.05) is 41.0 Å². The third kappa shape index (κ3) is 3.06. The maximum Gasteiger partial charge on any atom is 0.276 e. The third-order valence-corrected chi connectivity index (χ3v) is 4.86. The van der Waals surface area contributed by atoms with Gasteiger partial charge in [0.15, 0.2) is 11.5 Å². The van der Waals surface area contributed by atoms with Gasteiger partial charge in [-0.15, -0.1) is 0 Å². The number of amides is 1. The first-order valence-corrected chi connectivity index (χ1v) is 8.68. The Hall–Kier alpha value is -2.79. The lowest BCUT2D eigenvalue weighted by Gasteiger charge is -2.39. The van der Waals surface area contributed by atoms with Crippen LogP contribution in [-0.2, 0) is 0 Å². The van der Waals surface area contributed by atoms with Crippen LogP contribution in [0.25, 0.3) is 11.3 Å². The van der Waals surface area contributed by atoms with Gasteiger partial charge in [-0.25, -0.2) is 0 Å². The van der Waals surface area contributed by atoms with Crippen LogP contribution in [0.2, 0.25) is 5.02 Å². The fourth-order valence-electron chi connectivity index (χ4n) is 3.10. The molecule has 1 saturated heterocycles. The quantitative estimate of drug-likeness (QED) is 0.691. The molecule has 0 aliphatic carbocycles. The smallest absolute Gasteiger partial charge is 0.276 e. The molecule has 0 unspecified atom stereocenters. The summed E-state index contributed by atoms with van der Waals surface area (Å²) in [6.07, 6.45) is 0. The van der Waals surface area contributed by atoms with E-state index < -0.39 is 0 Å². The molecule has 0 spiro atoms. The first kappa shape index (κ1) is 16.7. The minimum atomic E-state index is -0.125. The van der Waals surface area contributed by atoms with Gasteiger partial charge in [-0.3, -0.25) is 4.79 Å². The maximum atomic E-state index is 12.6. The molecule has 5 nitrogen and oxygen atoms in total. The van der Waals surface area contributed by atoms with Crippen molar-refractivity contribution < 1.29 is 14.1 Å². The molecule has 1 aromatic heterocycles. The summed E-state index contributed by atoms with van der Waals surface area (Å²) in [5, 5.41) is 4.66. The number of benzene rings is 2. The van der Waals surface area contributed by atoms with Crippen LogP contribution in [0.3, 0.4) is 0 Å². The van der Waals surface area contributed by atoms with Gasteiger partial charge in [-0.2, -0.15) is 0 Å². The van der Waals surface area contributed by atoms with Crippen molar-refractivity contribution in [3.63, 3.8) is 0 Å². The van der Waals surface area contributed by atoms with Crippen molar-refractivity contribution in [3.8, 4) is 17.1 Å². The number of nitrogens with zero attached hydrogens (tertiary/aromatic N) is 2. The summed E-state index contributed by atoms with van der Waals surface area (Å²) in [4.78, 5) is 14.4. The van der Waals surface area contributed by atoms with Crippen LogP contribution in [0.5, 0.6) is 5.75 Å². The Morgan fingerprint density at radius 3 is 2.65 bits per heavy atom. The monoisotopic (exact) mass is 368 g/mol. The van der Waals surface area contributed by atoms with Crippen LogP contribution >= 0.6 is 11.6 Å². The zero-order valence-electron chi connectivity index (χ0n) is 14.2. The number of carbonyl (C=O) groups is 1. The van der Waals surface area contributed by atoms with Crippen LogP contribution in [-0.4, -0.2) is 36.2 Å². The highest BCUT2D eigenvalue weighted by Gasteiger charge is 2.33. The van der Waals surface area contributed by atoms with Crippen molar-refractivity contribution in [3.05, 3.63) is 70.9 Å². The first-order valence-electron chi connectivity index (χ1n) is 8.30. The van der Waals surface area contributed by atoms with Gasteiger partial charge < -0.3 is 14.2 Å². The molecule has 0 radical (unpaired) electrons. The predicted molar refractivity (Wildman–Crippen MR) is 98.6 cm³/mol. The third-order valence-electron chi connectivity index (χ3n) is 4.61. The molecule has 4 rings (SSSR count). The molecule has 132 valence electrons. The number of halogens is 1. The molecule has 1 amide bonds. The molecule has 0 bridgehead atoms. The van der Waals surface area contributed by atoms with Crippen molar-refractivity contribution in [1.82, 2.24) is 10.1 Å². The molecule has 0 N–H and O–H groups in total. The van der Waals surface area contributed by atoms with Crippen molar-refractivity contribution in [1.29, 1.82) is 0 Å². The van der Waals surface area contributed by atoms with Crippen LogP contribution in [0, 0.1) is 0 Å². The van der Waals surface area contributed by atoms with Crippen LogP contribution in [0.1, 0.15) is 22.0 Å². The van der Waals surface area contributed by atoms with Gasteiger partial charge in [0.1, 0.15) is 5.75 Å². The van der Waals surface area contributed by atoms with E-state index in [-0.39, 0.29) is 5.91 Å². The minimum Gasteiger partial charge on any atom is -0.496 e. The predicted octanol–water partition coefficient (Wildman–Crippen LogP) is 4.24.